The van der Waals surface area contributed by atoms with Crippen molar-refractivity contribution in [1.29, 1.82) is 0 Å². The molecule has 1 N–H and O–H groups in total. The van der Waals surface area contributed by atoms with Crippen molar-refractivity contribution in [2.75, 3.05) is 25.5 Å². The number of benzene rings is 2. The van der Waals surface area contributed by atoms with Gasteiger partial charge in [0.05, 0.1) is 34.9 Å². The van der Waals surface area contributed by atoms with Crippen LogP contribution in [0.25, 0.3) is 16.7 Å². The van der Waals surface area contributed by atoms with E-state index in [1.807, 2.05) is 30.5 Å². The highest BCUT2D eigenvalue weighted by atomic mass is 32.1. The van der Waals surface area contributed by atoms with Crippen LogP contribution in [-0.4, -0.2) is 61.9 Å². The summed E-state index contributed by atoms with van der Waals surface area (Å²) in [5.41, 5.74) is 5.61. The monoisotopic (exact) mass is 572 g/mol. The van der Waals surface area contributed by atoms with Gasteiger partial charge in [0, 0.05) is 44.1 Å². The van der Waals surface area contributed by atoms with E-state index >= 15 is 0 Å². The summed E-state index contributed by atoms with van der Waals surface area (Å²) >= 11 is 6.11. The maximum atomic E-state index is 14.5. The molecule has 4 aromatic rings. The fourth-order valence-electron chi connectivity index (χ4n) is 5.96. The summed E-state index contributed by atoms with van der Waals surface area (Å²) < 4.78 is 19.0. The lowest BCUT2D eigenvalue weighted by Gasteiger charge is -2.34. The Morgan fingerprint density at radius 1 is 1.20 bits per heavy atom. The average Bonchev–Trinajstić information content (AvgIpc) is 3.47. The number of hydrogen-bond acceptors (Lipinski definition) is 5. The zero-order chi connectivity index (χ0) is 28.8. The minimum Gasteiger partial charge on any atom is -0.339 e. The van der Waals surface area contributed by atoms with Crippen molar-refractivity contribution in [2.24, 2.45) is 0 Å². The highest BCUT2D eigenvalue weighted by Gasteiger charge is 2.28. The summed E-state index contributed by atoms with van der Waals surface area (Å²) in [4.78, 5) is 33.6. The van der Waals surface area contributed by atoms with Crippen molar-refractivity contribution < 1.29 is 14.0 Å². The fourth-order valence-corrected chi connectivity index (χ4v) is 6.40. The third-order valence-electron chi connectivity index (χ3n) is 8.25. The molecule has 4 heterocycles. The number of hydrogen-bond donors (Lipinski definition) is 1. The van der Waals surface area contributed by atoms with Crippen LogP contribution in [0, 0.1) is 10.6 Å². The van der Waals surface area contributed by atoms with Crippen LogP contribution in [-0.2, 0) is 17.8 Å². The fraction of sp³-hybridized carbons (Fsp3) is 0.355. The van der Waals surface area contributed by atoms with Crippen molar-refractivity contribution in [3.63, 3.8) is 0 Å². The third-order valence-corrected chi connectivity index (χ3v) is 8.63. The molecule has 6 rings (SSSR count). The van der Waals surface area contributed by atoms with Gasteiger partial charge in [0.15, 0.2) is 4.77 Å². The van der Waals surface area contributed by atoms with Crippen LogP contribution in [0.3, 0.4) is 0 Å². The molecule has 8 nitrogen and oxygen atoms in total. The van der Waals surface area contributed by atoms with Gasteiger partial charge in [-0.05, 0) is 86.9 Å². The molecule has 1 atom stereocenters. The molecule has 1 fully saturated rings. The van der Waals surface area contributed by atoms with Crippen molar-refractivity contribution in [2.45, 2.75) is 51.7 Å². The van der Waals surface area contributed by atoms with Gasteiger partial charge in [0.2, 0.25) is 5.91 Å². The van der Waals surface area contributed by atoms with E-state index in [1.54, 1.807) is 30.4 Å². The predicted molar refractivity (Wildman–Crippen MR) is 159 cm³/mol. The Bertz CT molecular complexity index is 1730. The van der Waals surface area contributed by atoms with Crippen molar-refractivity contribution in [1.82, 2.24) is 23.9 Å². The van der Waals surface area contributed by atoms with Crippen LogP contribution < -0.4 is 5.32 Å². The Hall–Kier alpha value is -3.89. The number of nitrogens with one attached hydrogen (secondary N) is 1. The number of halogens is 1. The standard InChI is InChI=1S/C31H33FN6O2S/c1-19(2)35(3)30(40)24-15-22(32)8-9-26(24)38-28-16-33-11-10-27(28)37(31(38)41)23-5-4-12-36(18-23)17-20-6-7-21-14-29(39)34-25(21)13-20/h6-11,13,15-16,19,23H,4-5,12,14,17-18H2,1-3H3,(H,34,39). The maximum Gasteiger partial charge on any atom is 0.256 e. The van der Waals surface area contributed by atoms with Crippen LogP contribution in [0.4, 0.5) is 10.1 Å². The Kier molecular flexibility index (Phi) is 7.21. The zero-order valence-electron chi connectivity index (χ0n) is 23.4. The average molecular weight is 573 g/mol. The van der Waals surface area contributed by atoms with Gasteiger partial charge < -0.3 is 14.8 Å². The minimum atomic E-state index is -0.475. The Morgan fingerprint density at radius 2 is 2.02 bits per heavy atom. The molecule has 0 bridgehead atoms. The SMILES string of the molecule is CC(C)N(C)C(=O)c1cc(F)ccc1-n1c(=S)n(C2CCCN(Cc3ccc4c(c3)NC(=O)C4)C2)c2ccncc21. The number of nitrogens with zero attached hydrogens (tertiary/aromatic N) is 5. The summed E-state index contributed by atoms with van der Waals surface area (Å²) in [6, 6.07) is 12.5. The lowest BCUT2D eigenvalue weighted by molar-refractivity contribution is -0.115. The summed E-state index contributed by atoms with van der Waals surface area (Å²) in [6.45, 7) is 6.37. The van der Waals surface area contributed by atoms with Crippen LogP contribution >= 0.6 is 12.2 Å². The molecule has 0 spiro atoms. The third kappa shape index (κ3) is 5.06. The van der Waals surface area contributed by atoms with Crippen LogP contribution in [0.5, 0.6) is 0 Å². The van der Waals surface area contributed by atoms with Crippen LogP contribution in [0.2, 0.25) is 0 Å². The first-order chi connectivity index (χ1) is 19.7. The van der Waals surface area contributed by atoms with Crippen molar-refractivity contribution >= 4 is 40.8 Å². The number of amides is 2. The van der Waals surface area contributed by atoms with Gasteiger partial charge in [-0.1, -0.05) is 12.1 Å². The van der Waals surface area contributed by atoms with Gasteiger partial charge in [-0.2, -0.15) is 0 Å². The summed E-state index contributed by atoms with van der Waals surface area (Å²) in [6.07, 6.45) is 5.91. The second kappa shape index (κ2) is 10.8. The van der Waals surface area contributed by atoms with E-state index in [1.165, 1.54) is 12.1 Å². The number of rotatable bonds is 6. The first-order valence-corrected chi connectivity index (χ1v) is 14.4. The quantitative estimate of drug-likeness (QED) is 0.309. The summed E-state index contributed by atoms with van der Waals surface area (Å²) in [7, 11) is 1.72. The van der Waals surface area contributed by atoms with Crippen molar-refractivity contribution in [3.8, 4) is 5.69 Å². The second-order valence-electron chi connectivity index (χ2n) is 11.3. The molecule has 1 unspecified atom stereocenters. The molecule has 0 radical (unpaired) electrons. The number of imidazole rings is 1. The normalized spacial score (nSPS) is 17.2. The highest BCUT2D eigenvalue weighted by molar-refractivity contribution is 7.71. The molecular formula is C31H33FN6O2S. The summed E-state index contributed by atoms with van der Waals surface area (Å²) in [5, 5.41) is 2.95. The topological polar surface area (TPSA) is 75.4 Å². The van der Waals surface area contributed by atoms with Gasteiger partial charge >= 0.3 is 0 Å². The molecule has 2 aromatic heterocycles. The molecule has 1 saturated heterocycles. The van der Waals surface area contributed by atoms with E-state index in [2.05, 4.69) is 31.9 Å². The molecule has 2 aliphatic heterocycles. The van der Waals surface area contributed by atoms with Crippen LogP contribution in [0.15, 0.2) is 54.9 Å². The number of fused-ring (bicyclic) bond motifs is 2. The molecular weight excluding hydrogens is 539 g/mol. The molecule has 2 aromatic carbocycles. The van der Waals surface area contributed by atoms with Gasteiger partial charge in [-0.15, -0.1) is 0 Å². The highest BCUT2D eigenvalue weighted by Crippen LogP contribution is 2.32. The Labute approximate surface area is 243 Å². The van der Waals surface area contributed by atoms with Crippen molar-refractivity contribution in [3.05, 3.63) is 82.1 Å². The lowest BCUT2D eigenvalue weighted by atomic mass is 10.0. The smallest absolute Gasteiger partial charge is 0.256 e. The maximum absolute atomic E-state index is 14.5. The van der Waals surface area contributed by atoms with E-state index < -0.39 is 5.82 Å². The summed E-state index contributed by atoms with van der Waals surface area (Å²) in [5.74, 6) is -0.704. The van der Waals surface area contributed by atoms with Gasteiger partial charge in [0.25, 0.3) is 5.91 Å². The molecule has 212 valence electrons. The first kappa shape index (κ1) is 27.3. The lowest BCUT2D eigenvalue weighted by Crippen LogP contribution is -2.36. The largest absolute Gasteiger partial charge is 0.339 e. The molecule has 10 heteroatoms. The number of likely N-dealkylation sites (tertiary alicyclic amines) is 1. The number of anilines is 1. The number of aromatic nitrogens is 3. The molecule has 2 aliphatic rings. The zero-order valence-corrected chi connectivity index (χ0v) is 24.2. The van der Waals surface area contributed by atoms with E-state index in [4.69, 9.17) is 12.2 Å². The number of carbonyl (C=O) groups excluding carboxylic acids is 2. The second-order valence-corrected chi connectivity index (χ2v) is 11.6. The van der Waals surface area contributed by atoms with Crippen LogP contribution in [0.1, 0.15) is 54.2 Å². The van der Waals surface area contributed by atoms with Gasteiger partial charge in [0.1, 0.15) is 5.82 Å². The van der Waals surface area contributed by atoms with E-state index in [0.29, 0.717) is 16.9 Å². The molecule has 2 amide bonds. The number of carbonyl (C=O) groups is 2. The van der Waals surface area contributed by atoms with E-state index in [-0.39, 0.29) is 29.5 Å². The molecule has 0 aliphatic carbocycles. The number of piperidine rings is 1. The Balaban J connectivity index is 1.37. The van der Waals surface area contributed by atoms with Gasteiger partial charge in [-0.3, -0.25) is 24.0 Å². The molecule has 41 heavy (non-hydrogen) atoms. The minimum absolute atomic E-state index is 0.0392. The molecule has 0 saturated carbocycles. The van der Waals surface area contributed by atoms with Gasteiger partial charge in [-0.25, -0.2) is 4.39 Å². The Morgan fingerprint density at radius 3 is 2.83 bits per heavy atom. The first-order valence-electron chi connectivity index (χ1n) is 14.0. The number of pyridine rings is 1. The van der Waals surface area contributed by atoms with E-state index in [0.717, 1.165) is 60.3 Å². The predicted octanol–water partition coefficient (Wildman–Crippen LogP) is 5.51. The van der Waals surface area contributed by atoms with E-state index in [9.17, 15) is 14.0 Å².